The van der Waals surface area contributed by atoms with Crippen LogP contribution in [0.1, 0.15) is 6.42 Å². The molecule has 0 aromatic carbocycles. The van der Waals surface area contributed by atoms with Gasteiger partial charge in [-0.25, -0.2) is 0 Å². The highest BCUT2D eigenvalue weighted by Crippen LogP contribution is 2.05. The molecule has 18 heavy (non-hydrogen) atoms. The molecule has 0 radical (unpaired) electrons. The molecule has 1 unspecified atom stereocenters. The van der Waals surface area contributed by atoms with Gasteiger partial charge >= 0.3 is 0 Å². The van der Waals surface area contributed by atoms with Crippen molar-refractivity contribution in [2.45, 2.75) is 12.5 Å². The minimum absolute atomic E-state index is 0.218. The molecule has 0 spiro atoms. The first kappa shape index (κ1) is 15.6. The van der Waals surface area contributed by atoms with E-state index < -0.39 is 6.10 Å². The Labute approximate surface area is 115 Å². The van der Waals surface area contributed by atoms with Crippen molar-refractivity contribution in [1.29, 1.82) is 0 Å². The molecule has 6 nitrogen and oxygen atoms in total. The van der Waals surface area contributed by atoms with Gasteiger partial charge < -0.3 is 20.3 Å². The number of hydrogen-bond donors (Lipinski definition) is 3. The number of rotatable bonds is 11. The first-order chi connectivity index (χ1) is 8.83. The lowest BCUT2D eigenvalue weighted by molar-refractivity contribution is 0.105. The van der Waals surface area contributed by atoms with E-state index in [0.717, 1.165) is 36.2 Å². The average Bonchev–Trinajstić information content (AvgIpc) is 2.88. The van der Waals surface area contributed by atoms with Gasteiger partial charge in [0.2, 0.25) is 5.88 Å². The summed E-state index contributed by atoms with van der Waals surface area (Å²) in [6.45, 7) is 1.81. The van der Waals surface area contributed by atoms with E-state index in [2.05, 4.69) is 14.1 Å². The highest BCUT2D eigenvalue weighted by Gasteiger charge is 2.05. The van der Waals surface area contributed by atoms with Crippen LogP contribution >= 0.6 is 23.5 Å². The van der Waals surface area contributed by atoms with Crippen LogP contribution in [-0.2, 0) is 0 Å². The minimum atomic E-state index is -0.547. The Morgan fingerprint density at radius 1 is 1.50 bits per heavy atom. The van der Waals surface area contributed by atoms with Crippen molar-refractivity contribution < 1.29 is 14.9 Å². The molecule has 0 saturated heterocycles. The Bertz CT molecular complexity index is 288. The maximum absolute atomic E-state index is 9.62. The Balaban J connectivity index is 1.89. The van der Waals surface area contributed by atoms with E-state index in [1.165, 1.54) is 6.20 Å². The van der Waals surface area contributed by atoms with Crippen LogP contribution in [0.3, 0.4) is 0 Å². The Kier molecular flexibility index (Phi) is 9.13. The number of thioether (sulfide) groups is 1. The van der Waals surface area contributed by atoms with Crippen molar-refractivity contribution >= 4 is 23.5 Å². The smallest absolute Gasteiger partial charge is 0.245 e. The van der Waals surface area contributed by atoms with Crippen LogP contribution in [0.5, 0.6) is 5.88 Å². The van der Waals surface area contributed by atoms with Gasteiger partial charge in [0, 0.05) is 25.4 Å². The van der Waals surface area contributed by atoms with Crippen molar-refractivity contribution in [1.82, 2.24) is 14.1 Å². The first-order valence-corrected chi connectivity index (χ1v) is 7.69. The molecule has 1 heterocycles. The van der Waals surface area contributed by atoms with Crippen LogP contribution in [0.2, 0.25) is 0 Å². The standard InChI is InChI=1S/C10H19N3O3S2/c14-3-1-4-17-5-2-11-6-9(15)8-16-10-7-12-18-13-10/h7,9,11,14-15H,1-6,8H2. The van der Waals surface area contributed by atoms with E-state index in [9.17, 15) is 5.11 Å². The summed E-state index contributed by atoms with van der Waals surface area (Å²) in [4.78, 5) is 0. The fourth-order valence-electron chi connectivity index (χ4n) is 1.14. The molecule has 1 aromatic heterocycles. The predicted molar refractivity (Wildman–Crippen MR) is 73.3 cm³/mol. The summed E-state index contributed by atoms with van der Waals surface area (Å²) in [5.74, 6) is 2.41. The van der Waals surface area contributed by atoms with E-state index in [1.54, 1.807) is 11.8 Å². The number of ether oxygens (including phenoxy) is 1. The Hall–Kier alpha value is -0.410. The largest absolute Gasteiger partial charge is 0.473 e. The molecule has 0 bridgehead atoms. The van der Waals surface area contributed by atoms with E-state index in [-0.39, 0.29) is 13.2 Å². The van der Waals surface area contributed by atoms with Crippen molar-refractivity contribution in [2.75, 3.05) is 37.8 Å². The van der Waals surface area contributed by atoms with Crippen molar-refractivity contribution in [3.8, 4) is 5.88 Å². The number of aliphatic hydroxyl groups is 2. The van der Waals surface area contributed by atoms with Gasteiger partial charge in [-0.05, 0) is 12.2 Å². The second-order valence-corrected chi connectivity index (χ2v) is 5.39. The molecule has 0 amide bonds. The third-order valence-corrected chi connectivity index (χ3v) is 3.55. The topological polar surface area (TPSA) is 87.5 Å². The number of hydrogen-bond acceptors (Lipinski definition) is 8. The van der Waals surface area contributed by atoms with Crippen LogP contribution in [0.25, 0.3) is 0 Å². The summed E-state index contributed by atoms with van der Waals surface area (Å²) in [7, 11) is 0. The van der Waals surface area contributed by atoms with E-state index in [1.807, 2.05) is 0 Å². The third-order valence-electron chi connectivity index (χ3n) is 2.01. The molecule has 104 valence electrons. The number of nitrogens with zero attached hydrogens (tertiary/aromatic N) is 2. The molecule has 0 saturated carbocycles. The zero-order valence-corrected chi connectivity index (χ0v) is 11.8. The highest BCUT2D eigenvalue weighted by atomic mass is 32.2. The normalized spacial score (nSPS) is 12.6. The van der Waals surface area contributed by atoms with Gasteiger partial charge in [0.25, 0.3) is 0 Å². The van der Waals surface area contributed by atoms with Gasteiger partial charge in [-0.15, -0.1) is 4.37 Å². The van der Waals surface area contributed by atoms with Gasteiger partial charge in [-0.2, -0.15) is 16.1 Å². The summed E-state index contributed by atoms with van der Waals surface area (Å²) >= 11 is 2.87. The van der Waals surface area contributed by atoms with Crippen LogP contribution in [0.15, 0.2) is 6.20 Å². The number of nitrogens with one attached hydrogen (secondary N) is 1. The molecule has 8 heteroatoms. The zero-order valence-electron chi connectivity index (χ0n) is 10.1. The van der Waals surface area contributed by atoms with Gasteiger partial charge in [0.1, 0.15) is 18.9 Å². The van der Waals surface area contributed by atoms with Crippen molar-refractivity contribution in [3.05, 3.63) is 6.20 Å². The molecule has 0 aliphatic carbocycles. The second kappa shape index (κ2) is 10.5. The van der Waals surface area contributed by atoms with Crippen molar-refractivity contribution in [2.24, 2.45) is 0 Å². The minimum Gasteiger partial charge on any atom is -0.473 e. The summed E-state index contributed by atoms with van der Waals surface area (Å²) < 4.78 is 12.9. The summed E-state index contributed by atoms with van der Waals surface area (Å²) in [5, 5.41) is 21.4. The maximum Gasteiger partial charge on any atom is 0.245 e. The molecule has 1 atom stereocenters. The summed E-state index contributed by atoms with van der Waals surface area (Å²) in [5.41, 5.74) is 0. The second-order valence-electron chi connectivity index (χ2n) is 3.60. The average molecular weight is 293 g/mol. The Morgan fingerprint density at radius 3 is 3.11 bits per heavy atom. The fraction of sp³-hybridized carbons (Fsp3) is 0.800. The van der Waals surface area contributed by atoms with Crippen LogP contribution in [0, 0.1) is 0 Å². The van der Waals surface area contributed by atoms with Crippen molar-refractivity contribution in [3.63, 3.8) is 0 Å². The summed E-state index contributed by atoms with van der Waals surface area (Å²) in [6.07, 6.45) is 1.82. The van der Waals surface area contributed by atoms with Gasteiger partial charge in [0.15, 0.2) is 0 Å². The van der Waals surface area contributed by atoms with Crippen LogP contribution in [0.4, 0.5) is 0 Å². The van der Waals surface area contributed by atoms with E-state index in [4.69, 9.17) is 9.84 Å². The van der Waals surface area contributed by atoms with Gasteiger partial charge in [-0.3, -0.25) is 0 Å². The highest BCUT2D eigenvalue weighted by molar-refractivity contribution is 7.99. The van der Waals surface area contributed by atoms with Gasteiger partial charge in [-0.1, -0.05) is 0 Å². The molecular formula is C10H19N3O3S2. The van der Waals surface area contributed by atoms with E-state index >= 15 is 0 Å². The zero-order chi connectivity index (χ0) is 13.1. The maximum atomic E-state index is 9.62. The molecule has 0 aliphatic rings. The first-order valence-electron chi connectivity index (χ1n) is 5.80. The fourth-order valence-corrected chi connectivity index (χ4v) is 2.33. The monoisotopic (exact) mass is 293 g/mol. The molecule has 1 aromatic rings. The Morgan fingerprint density at radius 2 is 2.39 bits per heavy atom. The predicted octanol–water partition coefficient (Wildman–Crippen LogP) is -0.0170. The molecule has 0 fully saturated rings. The third kappa shape index (κ3) is 7.83. The molecular weight excluding hydrogens is 274 g/mol. The lowest BCUT2D eigenvalue weighted by atomic mass is 10.4. The van der Waals surface area contributed by atoms with Gasteiger partial charge in [0.05, 0.1) is 11.7 Å². The van der Waals surface area contributed by atoms with E-state index in [0.29, 0.717) is 12.4 Å². The van der Waals surface area contributed by atoms with Crippen LogP contribution in [-0.4, -0.2) is 62.9 Å². The quantitative estimate of drug-likeness (QED) is 0.494. The molecule has 0 aliphatic heterocycles. The number of aliphatic hydroxyl groups excluding tert-OH is 2. The molecule has 1 rings (SSSR count). The van der Waals surface area contributed by atoms with Crippen LogP contribution < -0.4 is 10.1 Å². The lowest BCUT2D eigenvalue weighted by Gasteiger charge is -2.11. The summed E-state index contributed by atoms with van der Waals surface area (Å²) in [6, 6.07) is 0. The number of aromatic nitrogens is 2. The lowest BCUT2D eigenvalue weighted by Crippen LogP contribution is -2.32. The SMILES string of the molecule is OCCCSCCNCC(O)COc1cnsn1. The molecule has 3 N–H and O–H groups in total.